The maximum Gasteiger partial charge on any atom is 0.0926 e. The molecule has 1 aromatic carbocycles. The third kappa shape index (κ3) is 1.73. The van der Waals surface area contributed by atoms with Gasteiger partial charge in [0.2, 0.25) is 0 Å². The monoisotopic (exact) mass is 230 g/mol. The molecule has 4 nitrogen and oxygen atoms in total. The lowest BCUT2D eigenvalue weighted by Gasteiger charge is -2.33. The SMILES string of the molecule is CN1CCNCC1c1c2ccccc2nn1C. The third-order valence-electron chi connectivity index (χ3n) is 3.61. The van der Waals surface area contributed by atoms with E-state index in [2.05, 4.69) is 40.6 Å². The first-order valence-corrected chi connectivity index (χ1v) is 6.10. The summed E-state index contributed by atoms with van der Waals surface area (Å²) in [5, 5.41) is 9.32. The second-order valence-electron chi connectivity index (χ2n) is 4.73. The van der Waals surface area contributed by atoms with Crippen molar-refractivity contribution < 1.29 is 0 Å². The van der Waals surface area contributed by atoms with Crippen molar-refractivity contribution in [1.82, 2.24) is 20.0 Å². The number of hydrogen-bond donors (Lipinski definition) is 1. The summed E-state index contributed by atoms with van der Waals surface area (Å²) in [5.41, 5.74) is 2.40. The molecule has 1 saturated heterocycles. The van der Waals surface area contributed by atoms with E-state index in [1.54, 1.807) is 0 Å². The number of nitrogens with one attached hydrogen (secondary N) is 1. The minimum atomic E-state index is 0.418. The molecule has 0 bridgehead atoms. The number of benzene rings is 1. The summed E-state index contributed by atoms with van der Waals surface area (Å²) in [7, 11) is 4.23. The Kier molecular flexibility index (Phi) is 2.61. The minimum Gasteiger partial charge on any atom is -0.313 e. The molecule has 1 aromatic heterocycles. The summed E-state index contributed by atoms with van der Waals surface area (Å²) in [6, 6.07) is 8.79. The van der Waals surface area contributed by atoms with Gasteiger partial charge in [0.15, 0.2) is 0 Å². The molecule has 0 radical (unpaired) electrons. The van der Waals surface area contributed by atoms with E-state index in [1.165, 1.54) is 11.1 Å². The van der Waals surface area contributed by atoms with Gasteiger partial charge in [0, 0.05) is 32.1 Å². The van der Waals surface area contributed by atoms with E-state index in [-0.39, 0.29) is 0 Å². The first kappa shape index (κ1) is 10.7. The Morgan fingerprint density at radius 1 is 1.29 bits per heavy atom. The highest BCUT2D eigenvalue weighted by atomic mass is 15.3. The second kappa shape index (κ2) is 4.13. The van der Waals surface area contributed by atoms with Crippen LogP contribution < -0.4 is 5.32 Å². The van der Waals surface area contributed by atoms with Gasteiger partial charge >= 0.3 is 0 Å². The molecule has 1 aliphatic heterocycles. The van der Waals surface area contributed by atoms with Gasteiger partial charge in [-0.2, -0.15) is 5.10 Å². The molecule has 0 spiro atoms. The Hall–Kier alpha value is -1.39. The van der Waals surface area contributed by atoms with E-state index in [0.29, 0.717) is 6.04 Å². The van der Waals surface area contributed by atoms with Crippen molar-refractivity contribution in [3.8, 4) is 0 Å². The lowest BCUT2D eigenvalue weighted by Crippen LogP contribution is -2.44. The fourth-order valence-electron chi connectivity index (χ4n) is 2.67. The fourth-order valence-corrected chi connectivity index (χ4v) is 2.67. The molecule has 0 aliphatic carbocycles. The average Bonchev–Trinajstić information content (AvgIpc) is 2.66. The van der Waals surface area contributed by atoms with Crippen LogP contribution in [0.5, 0.6) is 0 Å². The fraction of sp³-hybridized carbons (Fsp3) is 0.462. The van der Waals surface area contributed by atoms with E-state index in [4.69, 9.17) is 0 Å². The Labute approximate surface area is 101 Å². The molecule has 1 N–H and O–H groups in total. The number of nitrogens with zero attached hydrogens (tertiary/aromatic N) is 3. The number of aryl methyl sites for hydroxylation is 1. The van der Waals surface area contributed by atoms with Crippen LogP contribution in [0.2, 0.25) is 0 Å². The molecule has 1 atom stereocenters. The molecule has 2 aromatic rings. The van der Waals surface area contributed by atoms with Crippen LogP contribution in [0, 0.1) is 0 Å². The number of likely N-dealkylation sites (N-methyl/N-ethyl adjacent to an activating group) is 1. The first-order chi connectivity index (χ1) is 8.27. The third-order valence-corrected chi connectivity index (χ3v) is 3.61. The molecule has 0 amide bonds. The molecule has 17 heavy (non-hydrogen) atoms. The maximum atomic E-state index is 4.58. The molecule has 1 aliphatic rings. The molecule has 1 fully saturated rings. The van der Waals surface area contributed by atoms with Gasteiger partial charge in [-0.3, -0.25) is 9.58 Å². The van der Waals surface area contributed by atoms with E-state index in [9.17, 15) is 0 Å². The number of aromatic nitrogens is 2. The highest BCUT2D eigenvalue weighted by Gasteiger charge is 2.25. The van der Waals surface area contributed by atoms with Gasteiger partial charge in [-0.05, 0) is 13.1 Å². The quantitative estimate of drug-likeness (QED) is 0.798. The molecule has 4 heteroatoms. The van der Waals surface area contributed by atoms with Crippen molar-refractivity contribution >= 4 is 10.9 Å². The smallest absolute Gasteiger partial charge is 0.0926 e. The van der Waals surface area contributed by atoms with Gasteiger partial charge < -0.3 is 5.32 Å². The van der Waals surface area contributed by atoms with E-state index >= 15 is 0 Å². The first-order valence-electron chi connectivity index (χ1n) is 6.10. The van der Waals surface area contributed by atoms with Crippen molar-refractivity contribution in [2.75, 3.05) is 26.7 Å². The van der Waals surface area contributed by atoms with Crippen LogP contribution in [0.25, 0.3) is 10.9 Å². The number of rotatable bonds is 1. The van der Waals surface area contributed by atoms with Crippen molar-refractivity contribution in [2.24, 2.45) is 7.05 Å². The van der Waals surface area contributed by atoms with Gasteiger partial charge in [0.25, 0.3) is 0 Å². The van der Waals surface area contributed by atoms with Crippen LogP contribution in [-0.2, 0) is 7.05 Å². The standard InChI is InChI=1S/C13H18N4/c1-16-8-7-14-9-12(16)13-10-5-3-4-6-11(10)15-17(13)2/h3-6,12,14H,7-9H2,1-2H3. The van der Waals surface area contributed by atoms with Crippen LogP contribution >= 0.6 is 0 Å². The number of hydrogen-bond acceptors (Lipinski definition) is 3. The molecular formula is C13H18N4. The van der Waals surface area contributed by atoms with Crippen molar-refractivity contribution in [3.63, 3.8) is 0 Å². The van der Waals surface area contributed by atoms with E-state index in [0.717, 1.165) is 25.2 Å². The van der Waals surface area contributed by atoms with Gasteiger partial charge in [-0.15, -0.1) is 0 Å². The molecule has 1 unspecified atom stereocenters. The summed E-state index contributed by atoms with van der Waals surface area (Å²) in [6.07, 6.45) is 0. The predicted octanol–water partition coefficient (Wildman–Crippen LogP) is 1.15. The van der Waals surface area contributed by atoms with Crippen LogP contribution in [0.1, 0.15) is 11.7 Å². The summed E-state index contributed by atoms with van der Waals surface area (Å²) in [4.78, 5) is 2.40. The lowest BCUT2D eigenvalue weighted by atomic mass is 10.1. The average molecular weight is 230 g/mol. The Bertz CT molecular complexity index is 531. The van der Waals surface area contributed by atoms with Crippen molar-refractivity contribution in [3.05, 3.63) is 30.0 Å². The number of fused-ring (bicyclic) bond motifs is 1. The van der Waals surface area contributed by atoms with Crippen LogP contribution in [0.3, 0.4) is 0 Å². The molecule has 3 rings (SSSR count). The summed E-state index contributed by atoms with van der Waals surface area (Å²) >= 11 is 0. The predicted molar refractivity (Wildman–Crippen MR) is 69.0 cm³/mol. The molecular weight excluding hydrogens is 212 g/mol. The van der Waals surface area contributed by atoms with Gasteiger partial charge in [0.1, 0.15) is 0 Å². The second-order valence-corrected chi connectivity index (χ2v) is 4.73. The zero-order valence-corrected chi connectivity index (χ0v) is 10.3. The summed E-state index contributed by atoms with van der Waals surface area (Å²) < 4.78 is 2.03. The highest BCUT2D eigenvalue weighted by molar-refractivity contribution is 5.82. The van der Waals surface area contributed by atoms with Crippen molar-refractivity contribution in [2.45, 2.75) is 6.04 Å². The molecule has 2 heterocycles. The summed E-state index contributed by atoms with van der Waals surface area (Å²) in [5.74, 6) is 0. The van der Waals surface area contributed by atoms with Crippen LogP contribution in [-0.4, -0.2) is 41.4 Å². The van der Waals surface area contributed by atoms with Gasteiger partial charge in [-0.25, -0.2) is 0 Å². The Morgan fingerprint density at radius 2 is 2.12 bits per heavy atom. The minimum absolute atomic E-state index is 0.418. The summed E-state index contributed by atoms with van der Waals surface area (Å²) in [6.45, 7) is 3.16. The zero-order chi connectivity index (χ0) is 11.8. The Morgan fingerprint density at radius 3 is 2.94 bits per heavy atom. The van der Waals surface area contributed by atoms with E-state index < -0.39 is 0 Å². The largest absolute Gasteiger partial charge is 0.313 e. The van der Waals surface area contributed by atoms with Crippen molar-refractivity contribution in [1.29, 1.82) is 0 Å². The van der Waals surface area contributed by atoms with Gasteiger partial charge in [-0.1, -0.05) is 18.2 Å². The normalized spacial score (nSPS) is 22.1. The Balaban J connectivity index is 2.12. The number of piperazine rings is 1. The maximum absolute atomic E-state index is 4.58. The lowest BCUT2D eigenvalue weighted by molar-refractivity contribution is 0.195. The molecule has 0 saturated carbocycles. The van der Waals surface area contributed by atoms with Crippen LogP contribution in [0.4, 0.5) is 0 Å². The topological polar surface area (TPSA) is 33.1 Å². The molecule has 90 valence electrons. The van der Waals surface area contributed by atoms with E-state index in [1.807, 2.05) is 17.8 Å². The highest BCUT2D eigenvalue weighted by Crippen LogP contribution is 2.27. The van der Waals surface area contributed by atoms with Crippen LogP contribution in [0.15, 0.2) is 24.3 Å². The zero-order valence-electron chi connectivity index (χ0n) is 10.3. The van der Waals surface area contributed by atoms with Gasteiger partial charge in [0.05, 0.1) is 17.3 Å².